The number of amides is 4. The van der Waals surface area contributed by atoms with Crippen LogP contribution in [0.5, 0.6) is 17.2 Å². The summed E-state index contributed by atoms with van der Waals surface area (Å²) in [7, 11) is -1.21. The number of carbonyl (C=O) groups is 3. The van der Waals surface area contributed by atoms with Gasteiger partial charge in [0.1, 0.15) is 18.0 Å². The van der Waals surface area contributed by atoms with E-state index < -0.39 is 26.1 Å². The lowest BCUT2D eigenvalue weighted by molar-refractivity contribution is -0.189. The number of phosphoric acid groups is 1. The van der Waals surface area contributed by atoms with Gasteiger partial charge < -0.3 is 29.1 Å². The fourth-order valence-corrected chi connectivity index (χ4v) is 6.50. The van der Waals surface area contributed by atoms with E-state index in [2.05, 4.69) is 26.1 Å². The third-order valence-electron chi connectivity index (χ3n) is 8.20. The third kappa shape index (κ3) is 7.89. The van der Waals surface area contributed by atoms with Gasteiger partial charge in [-0.3, -0.25) is 14.6 Å². The van der Waals surface area contributed by atoms with Crippen molar-refractivity contribution in [2.45, 2.75) is 31.7 Å². The molecule has 2 aliphatic heterocycles. The Morgan fingerprint density at radius 3 is 2.46 bits per heavy atom. The Morgan fingerprint density at radius 1 is 1.06 bits per heavy atom. The van der Waals surface area contributed by atoms with E-state index in [1.165, 1.54) is 36.3 Å². The molecule has 2 aromatic carbocycles. The number of ether oxygens (including phenoxy) is 2. The van der Waals surface area contributed by atoms with E-state index in [0.717, 1.165) is 0 Å². The van der Waals surface area contributed by atoms with Crippen LogP contribution in [0.25, 0.3) is 0 Å². The van der Waals surface area contributed by atoms with E-state index in [0.29, 0.717) is 28.3 Å². The van der Waals surface area contributed by atoms with Crippen LogP contribution < -0.4 is 31.1 Å². The van der Waals surface area contributed by atoms with Gasteiger partial charge in [-0.05, 0) is 35.9 Å². The van der Waals surface area contributed by atoms with Crippen molar-refractivity contribution >= 4 is 25.7 Å². The highest BCUT2D eigenvalue weighted by atomic mass is 31.2. The number of methoxy groups -OCH3 is 2. The fraction of sp³-hybridized carbons (Fsp3) is 0.312. The molecule has 3 heterocycles. The Kier molecular flexibility index (Phi) is 11.7. The number of para-hydroxylation sites is 1. The minimum atomic E-state index is -4.24. The number of nitrogens with zero attached hydrogens (tertiary/aromatic N) is 5. The average molecular weight is 711 g/mol. The van der Waals surface area contributed by atoms with E-state index >= 15 is 0 Å². The molecule has 2 fully saturated rings. The summed E-state index contributed by atoms with van der Waals surface area (Å²) >= 11 is 0. The van der Waals surface area contributed by atoms with E-state index in [9.17, 15) is 18.9 Å². The molecule has 0 aliphatic carbocycles. The summed E-state index contributed by atoms with van der Waals surface area (Å²) in [6.07, 6.45) is 2.40. The molecule has 1 aromatic heterocycles. The summed E-state index contributed by atoms with van der Waals surface area (Å²) in [6, 6.07) is 15.4. The number of fused-ring (bicyclic) bond motifs is 1. The Hall–Kier alpha value is -5.03. The van der Waals surface area contributed by atoms with E-state index in [4.69, 9.17) is 25.8 Å². The Balaban J connectivity index is 1.50. The number of hydrogen-bond acceptors (Lipinski definition) is 13. The fourth-order valence-electron chi connectivity index (χ4n) is 5.98. The number of pyridine rings is 1. The van der Waals surface area contributed by atoms with Crippen molar-refractivity contribution in [3.05, 3.63) is 96.3 Å². The first kappa shape index (κ1) is 36.3. The highest BCUT2D eigenvalue weighted by molar-refractivity contribution is 7.48. The lowest BCUT2D eigenvalue weighted by Crippen LogP contribution is -2.76. The molecular formula is C32H39N8O9P. The van der Waals surface area contributed by atoms with Crippen LogP contribution in [0.1, 0.15) is 16.8 Å². The molecule has 0 radical (unpaired) electrons. The zero-order chi connectivity index (χ0) is 35.8. The number of hydrogen-bond donors (Lipinski definition) is 3. The number of urea groups is 1. The first-order valence-corrected chi connectivity index (χ1v) is 16.9. The summed E-state index contributed by atoms with van der Waals surface area (Å²) in [6.45, 7) is 4.06. The molecule has 0 bridgehead atoms. The monoisotopic (exact) mass is 710 g/mol. The molecule has 5 N–H and O–H groups in total. The second kappa shape index (κ2) is 16.1. The first-order valence-electron chi connectivity index (χ1n) is 15.4. The van der Waals surface area contributed by atoms with Crippen LogP contribution >= 0.6 is 7.82 Å². The maximum atomic E-state index is 14.4. The highest BCUT2D eigenvalue weighted by Gasteiger charge is 2.51. The number of piperazine rings is 1. The summed E-state index contributed by atoms with van der Waals surface area (Å²) in [5.74, 6) is 10.3. The second-order valence-electron chi connectivity index (χ2n) is 11.2. The maximum Gasteiger partial charge on any atom is 0.563 e. The number of hydrazine groups is 1. The van der Waals surface area contributed by atoms with Gasteiger partial charge in [-0.1, -0.05) is 36.4 Å². The largest absolute Gasteiger partial charge is 0.563 e. The van der Waals surface area contributed by atoms with Gasteiger partial charge in [0, 0.05) is 31.3 Å². The Morgan fingerprint density at radius 2 is 1.82 bits per heavy atom. The van der Waals surface area contributed by atoms with Gasteiger partial charge in [0.15, 0.2) is 11.5 Å². The molecule has 0 unspecified atom stereocenters. The molecule has 2 aliphatic rings. The molecular weight excluding hydrogens is 671 g/mol. The molecule has 2 saturated heterocycles. The number of aromatic nitrogens is 1. The van der Waals surface area contributed by atoms with E-state index in [1.807, 2.05) is 12.1 Å². The molecule has 4 amide bonds. The van der Waals surface area contributed by atoms with Crippen LogP contribution in [0.4, 0.5) is 4.79 Å². The molecule has 5 rings (SSSR count). The van der Waals surface area contributed by atoms with Crippen molar-refractivity contribution in [1.82, 2.24) is 30.1 Å². The number of nitrogens with one attached hydrogen (secondary N) is 1. The Labute approximate surface area is 288 Å². The molecule has 50 heavy (non-hydrogen) atoms. The van der Waals surface area contributed by atoms with Crippen molar-refractivity contribution in [1.29, 1.82) is 0 Å². The number of carbonyl (C=O) groups excluding carboxylic acids is 3. The standard InChI is InChI=1S/C32H39N8O9P/c1-4-16-38-21-29(41)39-26(17-22-11-13-25(14-12-22)47-50(44,48-33)49-34)31(42)37(19-23-8-7-10-27(45-2)30(23)46-3)20-28(39)40(38)32(43)36-18-24-9-5-6-15-35-24/h4-15,26,28H,1,16-21,33-34H2,2-3H3,(H,36,43)/t26-,28-/m0/s1. The summed E-state index contributed by atoms with van der Waals surface area (Å²) < 4.78 is 37.0. The minimum absolute atomic E-state index is 0.00761. The SMILES string of the molecule is C=CCN1CC(=O)N2[C@@H](Cc3ccc(OP(=O)(ON)ON)cc3)C(=O)N(Cc3cccc(OC)c3OC)C[C@@H]2N1C(=O)NCc1ccccn1. The van der Waals surface area contributed by atoms with Gasteiger partial charge in [0.25, 0.3) is 0 Å². The van der Waals surface area contributed by atoms with Crippen LogP contribution in [0.15, 0.2) is 79.5 Å². The van der Waals surface area contributed by atoms with Crippen LogP contribution in [0, 0.1) is 0 Å². The van der Waals surface area contributed by atoms with Gasteiger partial charge in [-0.2, -0.15) is 9.25 Å². The molecule has 3 aromatic rings. The predicted octanol–water partition coefficient (Wildman–Crippen LogP) is 2.10. The lowest BCUT2D eigenvalue weighted by atomic mass is 9.98. The van der Waals surface area contributed by atoms with Crippen LogP contribution in [0.3, 0.4) is 0 Å². The van der Waals surface area contributed by atoms with Crippen molar-refractivity contribution in [2.24, 2.45) is 11.8 Å². The number of benzene rings is 2. The van der Waals surface area contributed by atoms with Gasteiger partial charge in [0.05, 0.1) is 39.5 Å². The van der Waals surface area contributed by atoms with Crippen molar-refractivity contribution in [3.8, 4) is 17.2 Å². The van der Waals surface area contributed by atoms with Crippen LogP contribution in [-0.4, -0.2) is 88.7 Å². The smallest absolute Gasteiger partial charge is 0.493 e. The summed E-state index contributed by atoms with van der Waals surface area (Å²) in [4.78, 5) is 49.6. The zero-order valence-electron chi connectivity index (χ0n) is 27.5. The zero-order valence-corrected chi connectivity index (χ0v) is 28.4. The summed E-state index contributed by atoms with van der Waals surface area (Å²) in [5, 5.41) is 5.98. The lowest BCUT2D eigenvalue weighted by Gasteiger charge is -2.55. The molecule has 2 atom stereocenters. The molecule has 0 spiro atoms. The number of nitrogens with two attached hydrogens (primary N) is 2. The van der Waals surface area contributed by atoms with Gasteiger partial charge in [0.2, 0.25) is 11.8 Å². The Bertz CT molecular complexity index is 1720. The predicted molar refractivity (Wildman–Crippen MR) is 178 cm³/mol. The van der Waals surface area contributed by atoms with Crippen molar-refractivity contribution < 1.29 is 42.2 Å². The molecule has 266 valence electrons. The van der Waals surface area contributed by atoms with E-state index in [-0.39, 0.29) is 56.7 Å². The average Bonchev–Trinajstić information content (AvgIpc) is 3.13. The first-order chi connectivity index (χ1) is 24.1. The minimum Gasteiger partial charge on any atom is -0.493 e. The van der Waals surface area contributed by atoms with Crippen LogP contribution in [-0.2, 0) is 42.9 Å². The van der Waals surface area contributed by atoms with E-state index in [1.54, 1.807) is 58.6 Å². The quantitative estimate of drug-likeness (QED) is 0.125. The van der Waals surface area contributed by atoms with Crippen molar-refractivity contribution in [3.63, 3.8) is 0 Å². The number of rotatable bonds is 14. The summed E-state index contributed by atoms with van der Waals surface area (Å²) in [5.41, 5.74) is 1.93. The maximum absolute atomic E-state index is 14.4. The van der Waals surface area contributed by atoms with Gasteiger partial charge in [-0.25, -0.2) is 31.2 Å². The van der Waals surface area contributed by atoms with Gasteiger partial charge in [-0.15, -0.1) is 6.58 Å². The molecule has 18 heteroatoms. The molecule has 17 nitrogen and oxygen atoms in total. The topological polar surface area (TPSA) is 204 Å². The second-order valence-corrected chi connectivity index (χ2v) is 12.7. The van der Waals surface area contributed by atoms with Gasteiger partial charge >= 0.3 is 13.9 Å². The van der Waals surface area contributed by atoms with Crippen molar-refractivity contribution in [2.75, 3.05) is 33.9 Å². The highest BCUT2D eigenvalue weighted by Crippen LogP contribution is 2.46. The van der Waals surface area contributed by atoms with Crippen LogP contribution in [0.2, 0.25) is 0 Å². The third-order valence-corrected chi connectivity index (χ3v) is 9.15. The normalized spacial score (nSPS) is 18.0. The molecule has 0 saturated carbocycles.